The third-order valence-corrected chi connectivity index (χ3v) is 1.98. The van der Waals surface area contributed by atoms with E-state index in [9.17, 15) is 4.79 Å². The van der Waals surface area contributed by atoms with Gasteiger partial charge in [0.15, 0.2) is 0 Å². The molecule has 1 aromatic heterocycles. The van der Waals surface area contributed by atoms with E-state index in [1.807, 2.05) is 0 Å². The van der Waals surface area contributed by atoms with Gasteiger partial charge in [-0.1, -0.05) is 11.6 Å². The second kappa shape index (κ2) is 4.95. The quantitative estimate of drug-likeness (QED) is 0.758. The molecule has 1 aromatic rings. The summed E-state index contributed by atoms with van der Waals surface area (Å²) in [6.45, 7) is 0. The van der Waals surface area contributed by atoms with Crippen LogP contribution in [0.2, 0.25) is 5.02 Å². The van der Waals surface area contributed by atoms with Crippen LogP contribution in [0.3, 0.4) is 0 Å². The third-order valence-electron chi connectivity index (χ3n) is 1.68. The maximum atomic E-state index is 11.7. The molecule has 0 unspecified atom stereocenters. The van der Waals surface area contributed by atoms with E-state index in [1.165, 1.54) is 6.20 Å². The number of carbonyl (C=O) groups is 1. The molecule has 0 aliphatic heterocycles. The number of amides is 1. The predicted molar refractivity (Wildman–Crippen MR) is 59.9 cm³/mol. The van der Waals surface area contributed by atoms with Crippen molar-refractivity contribution in [3.8, 4) is 0 Å². The average Bonchev–Trinajstić information content (AvgIpc) is 2.17. The van der Waals surface area contributed by atoms with Gasteiger partial charge >= 0.3 is 0 Å². The van der Waals surface area contributed by atoms with Crippen molar-refractivity contribution < 1.29 is 4.79 Å². The lowest BCUT2D eigenvalue weighted by atomic mass is 10.2. The Kier molecular flexibility index (Phi) is 3.88. The highest BCUT2D eigenvalue weighted by Gasteiger charge is 2.11. The first-order chi connectivity index (χ1) is 7.04. The van der Waals surface area contributed by atoms with Crippen LogP contribution in [0.1, 0.15) is 10.4 Å². The van der Waals surface area contributed by atoms with Gasteiger partial charge in [-0.3, -0.25) is 10.2 Å². The van der Waals surface area contributed by atoms with E-state index in [-0.39, 0.29) is 5.91 Å². The Labute approximate surface area is 93.4 Å². The van der Waals surface area contributed by atoms with Crippen LogP contribution in [0.4, 0.5) is 5.82 Å². The van der Waals surface area contributed by atoms with Gasteiger partial charge in [0.2, 0.25) is 0 Å². The van der Waals surface area contributed by atoms with Gasteiger partial charge in [0, 0.05) is 27.3 Å². The number of hydrazine groups is 1. The van der Waals surface area contributed by atoms with Gasteiger partial charge in [-0.2, -0.15) is 0 Å². The molecule has 0 fully saturated rings. The van der Waals surface area contributed by atoms with Gasteiger partial charge < -0.3 is 5.32 Å². The second-order valence-corrected chi connectivity index (χ2v) is 3.54. The molecular formula is C9H13ClN4O. The van der Waals surface area contributed by atoms with Crippen LogP contribution in [0.5, 0.6) is 0 Å². The summed E-state index contributed by atoms with van der Waals surface area (Å²) in [5.74, 6) is 0.340. The number of hydrogen-bond acceptors (Lipinski definition) is 4. The molecule has 0 atom stereocenters. The van der Waals surface area contributed by atoms with Crippen molar-refractivity contribution in [1.29, 1.82) is 0 Å². The summed E-state index contributed by atoms with van der Waals surface area (Å²) in [6, 6.07) is 1.60. The molecular weight excluding hydrogens is 216 g/mol. The zero-order valence-corrected chi connectivity index (χ0v) is 9.59. The molecule has 82 valence electrons. The summed E-state index contributed by atoms with van der Waals surface area (Å²) in [7, 11) is 5.18. The lowest BCUT2D eigenvalue weighted by molar-refractivity contribution is 0.0857. The fourth-order valence-electron chi connectivity index (χ4n) is 1.01. The molecule has 1 rings (SSSR count). The molecule has 0 saturated heterocycles. The monoisotopic (exact) mass is 228 g/mol. The van der Waals surface area contributed by atoms with Crippen molar-refractivity contribution in [2.24, 2.45) is 0 Å². The van der Waals surface area contributed by atoms with E-state index in [0.29, 0.717) is 16.4 Å². The van der Waals surface area contributed by atoms with Gasteiger partial charge in [-0.05, 0) is 6.07 Å². The summed E-state index contributed by atoms with van der Waals surface area (Å²) in [6.07, 6.45) is 1.44. The van der Waals surface area contributed by atoms with E-state index in [4.69, 9.17) is 11.6 Å². The average molecular weight is 229 g/mol. The largest absolute Gasteiger partial charge is 0.373 e. The summed E-state index contributed by atoms with van der Waals surface area (Å²) in [5, 5.41) is 4.72. The van der Waals surface area contributed by atoms with Crippen LogP contribution in [0.15, 0.2) is 12.3 Å². The molecule has 0 aliphatic rings. The Balaban J connectivity index is 2.96. The van der Waals surface area contributed by atoms with E-state index < -0.39 is 0 Å². The molecule has 0 spiro atoms. The SMILES string of the molecule is CNc1cc(C(=O)NN(C)C)c(Cl)cn1. The molecule has 0 aliphatic carbocycles. The number of carbonyl (C=O) groups excluding carboxylic acids is 1. The molecule has 1 amide bonds. The smallest absolute Gasteiger partial charge is 0.267 e. The molecule has 15 heavy (non-hydrogen) atoms. The molecule has 0 bridgehead atoms. The lowest BCUT2D eigenvalue weighted by Crippen LogP contribution is -2.36. The normalized spacial score (nSPS) is 10.2. The zero-order valence-electron chi connectivity index (χ0n) is 8.84. The molecule has 0 radical (unpaired) electrons. The zero-order chi connectivity index (χ0) is 11.4. The third kappa shape index (κ3) is 3.07. The summed E-state index contributed by atoms with van der Waals surface area (Å²) in [5.41, 5.74) is 3.00. The first kappa shape index (κ1) is 11.7. The van der Waals surface area contributed by atoms with Gasteiger partial charge in [0.25, 0.3) is 5.91 Å². The highest BCUT2D eigenvalue weighted by Crippen LogP contribution is 2.17. The maximum absolute atomic E-state index is 11.7. The number of nitrogens with zero attached hydrogens (tertiary/aromatic N) is 2. The minimum Gasteiger partial charge on any atom is -0.373 e. The first-order valence-corrected chi connectivity index (χ1v) is 4.74. The standard InChI is InChI=1S/C9H13ClN4O/c1-11-8-4-6(7(10)5-12-8)9(15)13-14(2)3/h4-5H,1-3H3,(H,11,12)(H,13,15). The second-order valence-electron chi connectivity index (χ2n) is 3.13. The van der Waals surface area contributed by atoms with Crippen molar-refractivity contribution in [3.63, 3.8) is 0 Å². The Morgan fingerprint density at radius 2 is 2.20 bits per heavy atom. The highest BCUT2D eigenvalue weighted by atomic mass is 35.5. The van der Waals surface area contributed by atoms with Crippen LogP contribution in [0, 0.1) is 0 Å². The Hall–Kier alpha value is -1.33. The highest BCUT2D eigenvalue weighted by molar-refractivity contribution is 6.33. The maximum Gasteiger partial charge on any atom is 0.267 e. The van der Waals surface area contributed by atoms with Gasteiger partial charge in [-0.25, -0.2) is 9.99 Å². The van der Waals surface area contributed by atoms with E-state index in [1.54, 1.807) is 32.2 Å². The molecule has 2 N–H and O–H groups in total. The van der Waals surface area contributed by atoms with Crippen LogP contribution >= 0.6 is 11.6 Å². The fraction of sp³-hybridized carbons (Fsp3) is 0.333. The molecule has 0 saturated carbocycles. The Bertz CT molecular complexity index is 367. The topological polar surface area (TPSA) is 57.3 Å². The Morgan fingerprint density at radius 1 is 1.53 bits per heavy atom. The van der Waals surface area contributed by atoms with Crippen molar-refractivity contribution in [2.75, 3.05) is 26.5 Å². The molecule has 0 aromatic carbocycles. The minimum absolute atomic E-state index is 0.260. The van der Waals surface area contributed by atoms with Crippen molar-refractivity contribution in [3.05, 3.63) is 22.8 Å². The van der Waals surface area contributed by atoms with Crippen molar-refractivity contribution >= 4 is 23.3 Å². The predicted octanol–water partition coefficient (Wildman–Crippen LogP) is 0.983. The minimum atomic E-state index is -0.260. The Morgan fingerprint density at radius 3 is 2.73 bits per heavy atom. The van der Waals surface area contributed by atoms with Gasteiger partial charge in [-0.15, -0.1) is 0 Å². The lowest BCUT2D eigenvalue weighted by Gasteiger charge is -2.12. The number of rotatable bonds is 3. The number of nitrogens with one attached hydrogen (secondary N) is 2. The van der Waals surface area contributed by atoms with Crippen LogP contribution < -0.4 is 10.7 Å². The van der Waals surface area contributed by atoms with E-state index >= 15 is 0 Å². The number of aromatic nitrogens is 1. The van der Waals surface area contributed by atoms with Crippen molar-refractivity contribution in [2.45, 2.75) is 0 Å². The van der Waals surface area contributed by atoms with Gasteiger partial charge in [0.1, 0.15) is 5.82 Å². The summed E-state index contributed by atoms with van der Waals surface area (Å²) in [4.78, 5) is 15.6. The fourth-order valence-corrected chi connectivity index (χ4v) is 1.20. The van der Waals surface area contributed by atoms with Crippen LogP contribution in [-0.2, 0) is 0 Å². The number of anilines is 1. The number of pyridine rings is 1. The van der Waals surface area contributed by atoms with E-state index in [2.05, 4.69) is 15.7 Å². The van der Waals surface area contributed by atoms with Gasteiger partial charge in [0.05, 0.1) is 10.6 Å². The molecule has 1 heterocycles. The van der Waals surface area contributed by atoms with E-state index in [0.717, 1.165) is 0 Å². The van der Waals surface area contributed by atoms with Crippen LogP contribution in [0.25, 0.3) is 0 Å². The first-order valence-electron chi connectivity index (χ1n) is 4.36. The van der Waals surface area contributed by atoms with Crippen molar-refractivity contribution in [1.82, 2.24) is 15.4 Å². The summed E-state index contributed by atoms with van der Waals surface area (Å²) < 4.78 is 0. The summed E-state index contributed by atoms with van der Waals surface area (Å²) >= 11 is 5.86. The molecule has 5 nitrogen and oxygen atoms in total. The number of halogens is 1. The number of hydrogen-bond donors (Lipinski definition) is 2. The molecule has 6 heteroatoms. The van der Waals surface area contributed by atoms with Crippen LogP contribution in [-0.4, -0.2) is 37.0 Å².